The van der Waals surface area contributed by atoms with Crippen LogP contribution in [0.4, 0.5) is 5.69 Å². The fourth-order valence-electron chi connectivity index (χ4n) is 3.59. The number of nitro groups is 1. The maximum atomic E-state index is 13.0. The molecule has 1 heterocycles. The number of hydrogen-bond acceptors (Lipinski definition) is 11. The molecule has 0 aliphatic carbocycles. The Morgan fingerprint density at radius 2 is 1.87 bits per heavy atom. The fourth-order valence-corrected chi connectivity index (χ4v) is 4.65. The van der Waals surface area contributed by atoms with Gasteiger partial charge < -0.3 is 19.9 Å². The van der Waals surface area contributed by atoms with Crippen LogP contribution in [0.5, 0.6) is 5.75 Å². The van der Waals surface area contributed by atoms with Gasteiger partial charge in [-0.15, -0.1) is 0 Å². The molecule has 2 N–H and O–H groups in total. The average molecular weight is 622 g/mol. The van der Waals surface area contributed by atoms with Gasteiger partial charge >= 0.3 is 5.97 Å². The molecule has 0 radical (unpaired) electrons. The number of nitrogens with one attached hydrogen (secondary N) is 1. The highest BCUT2D eigenvalue weighted by Gasteiger charge is 2.53. The number of likely N-dealkylation sites (tertiary alicyclic amines) is 1. The second-order valence-electron chi connectivity index (χ2n) is 7.80. The molecular formula is C24H20BrN3O10S. The Kier molecular flexibility index (Phi) is 10.2. The number of aliphatic hydroxyl groups is 1. The molecule has 1 aliphatic rings. The number of β-lactam (4-membered cyclic amide) rings is 1. The van der Waals surface area contributed by atoms with Gasteiger partial charge in [0.1, 0.15) is 29.5 Å². The number of benzene rings is 2. The van der Waals surface area contributed by atoms with Crippen LogP contribution in [-0.4, -0.2) is 61.5 Å². The number of hydrogen-bond donors (Lipinski definition) is 2. The van der Waals surface area contributed by atoms with Crippen molar-refractivity contribution in [3.05, 3.63) is 81.2 Å². The van der Waals surface area contributed by atoms with E-state index < -0.39 is 45.6 Å². The number of amides is 2. The van der Waals surface area contributed by atoms with E-state index in [1.807, 2.05) is 0 Å². The molecule has 2 amide bonds. The van der Waals surface area contributed by atoms with Crippen LogP contribution in [0, 0.1) is 10.1 Å². The summed E-state index contributed by atoms with van der Waals surface area (Å²) in [5.41, 5.74) is 0.507. The van der Waals surface area contributed by atoms with E-state index in [0.717, 1.165) is 4.90 Å². The van der Waals surface area contributed by atoms with Gasteiger partial charge in [0.15, 0.2) is 11.3 Å². The largest absolute Gasteiger partial charge is 0.509 e. The van der Waals surface area contributed by atoms with E-state index in [1.165, 1.54) is 30.3 Å². The Morgan fingerprint density at radius 1 is 1.18 bits per heavy atom. The SMILES string of the molecule is O=COc1ccccc1CC(=O)N[C@@H]1C(=O)N(/C(C(=O)OCc2ccc([N+](=O)[O-])cc2)=C(/O)CBr)C1SC=O. The first-order chi connectivity index (χ1) is 18.7. The molecule has 13 nitrogen and oxygen atoms in total. The first-order valence-corrected chi connectivity index (χ1v) is 13.1. The number of nitro benzene ring substituents is 1. The summed E-state index contributed by atoms with van der Waals surface area (Å²) < 4.78 is 10.1. The van der Waals surface area contributed by atoms with Crippen LogP contribution in [0.1, 0.15) is 11.1 Å². The van der Waals surface area contributed by atoms with E-state index in [1.54, 1.807) is 18.2 Å². The second kappa shape index (κ2) is 13.5. The van der Waals surface area contributed by atoms with Crippen LogP contribution < -0.4 is 10.1 Å². The number of rotatable bonds is 13. The van der Waals surface area contributed by atoms with Gasteiger partial charge in [-0.2, -0.15) is 0 Å². The first kappa shape index (κ1) is 29.3. The second-order valence-corrected chi connectivity index (χ2v) is 9.31. The monoisotopic (exact) mass is 621 g/mol. The van der Waals surface area contributed by atoms with Gasteiger partial charge in [-0.05, 0) is 23.8 Å². The molecular weight excluding hydrogens is 602 g/mol. The van der Waals surface area contributed by atoms with Crippen LogP contribution >= 0.6 is 27.7 Å². The third kappa shape index (κ3) is 7.00. The molecule has 1 unspecified atom stereocenters. The first-order valence-electron chi connectivity index (χ1n) is 11.0. The van der Waals surface area contributed by atoms with E-state index in [4.69, 9.17) is 9.47 Å². The lowest BCUT2D eigenvalue weighted by Gasteiger charge is -2.45. The lowest BCUT2D eigenvalue weighted by Crippen LogP contribution is -2.69. The fraction of sp³-hybridized carbons (Fsp3) is 0.208. The number of ether oxygens (including phenoxy) is 2. The molecule has 2 aromatic rings. The molecule has 0 aromatic heterocycles. The zero-order chi connectivity index (χ0) is 28.5. The third-order valence-electron chi connectivity index (χ3n) is 5.40. The normalized spacial score (nSPS) is 16.8. The van der Waals surface area contributed by atoms with E-state index in [-0.39, 0.29) is 36.3 Å². The highest BCUT2D eigenvalue weighted by atomic mass is 79.9. The van der Waals surface area contributed by atoms with Gasteiger partial charge in [0.05, 0.1) is 16.7 Å². The van der Waals surface area contributed by atoms with Crippen molar-refractivity contribution in [1.29, 1.82) is 0 Å². The molecule has 204 valence electrons. The Bertz CT molecular complexity index is 1320. The van der Waals surface area contributed by atoms with Crippen molar-refractivity contribution in [3.8, 4) is 5.75 Å². The van der Waals surface area contributed by atoms with Crippen molar-refractivity contribution >= 4 is 63.3 Å². The molecule has 0 spiro atoms. The van der Waals surface area contributed by atoms with Crippen molar-refractivity contribution in [1.82, 2.24) is 10.2 Å². The lowest BCUT2D eigenvalue weighted by atomic mass is 10.0. The minimum atomic E-state index is -1.22. The predicted octanol–water partition coefficient (Wildman–Crippen LogP) is 2.16. The highest BCUT2D eigenvalue weighted by molar-refractivity contribution is 9.09. The summed E-state index contributed by atoms with van der Waals surface area (Å²) >= 11 is 3.61. The van der Waals surface area contributed by atoms with Crippen LogP contribution in [0.25, 0.3) is 0 Å². The molecule has 1 fully saturated rings. The number of non-ortho nitro benzene ring substituents is 1. The van der Waals surface area contributed by atoms with Crippen molar-refractivity contribution in [3.63, 3.8) is 0 Å². The zero-order valence-electron chi connectivity index (χ0n) is 19.9. The molecule has 1 saturated heterocycles. The molecule has 39 heavy (non-hydrogen) atoms. The van der Waals surface area contributed by atoms with Crippen LogP contribution in [0.15, 0.2) is 60.0 Å². The number of halogens is 1. The maximum absolute atomic E-state index is 13.0. The minimum absolute atomic E-state index is 0.157. The summed E-state index contributed by atoms with van der Waals surface area (Å²) in [5, 5.41) is 22.4. The zero-order valence-corrected chi connectivity index (χ0v) is 22.3. The van der Waals surface area contributed by atoms with Gasteiger partial charge in [0, 0.05) is 17.7 Å². The molecule has 1 aliphatic heterocycles. The van der Waals surface area contributed by atoms with Crippen molar-refractivity contribution in [2.75, 3.05) is 5.33 Å². The summed E-state index contributed by atoms with van der Waals surface area (Å²) in [7, 11) is 0. The molecule has 0 saturated carbocycles. The Hall–Kier alpha value is -4.24. The number of thioether (sulfide) groups is 1. The molecule has 0 bridgehead atoms. The summed E-state index contributed by atoms with van der Waals surface area (Å²) in [5.74, 6) is -2.90. The van der Waals surface area contributed by atoms with Gasteiger partial charge in [0.2, 0.25) is 5.91 Å². The van der Waals surface area contributed by atoms with Crippen molar-refractivity contribution in [2.24, 2.45) is 0 Å². The van der Waals surface area contributed by atoms with E-state index in [2.05, 4.69) is 21.2 Å². The van der Waals surface area contributed by atoms with Gasteiger partial charge in [-0.3, -0.25) is 34.2 Å². The molecule has 2 atom stereocenters. The Labute approximate surface area is 233 Å². The van der Waals surface area contributed by atoms with Crippen molar-refractivity contribution < 1.29 is 43.5 Å². The van der Waals surface area contributed by atoms with Crippen molar-refractivity contribution in [2.45, 2.75) is 24.4 Å². The molecule has 3 rings (SSSR count). The predicted molar refractivity (Wildman–Crippen MR) is 140 cm³/mol. The summed E-state index contributed by atoms with van der Waals surface area (Å²) in [6.45, 7) is -0.113. The number of aliphatic hydroxyl groups excluding tert-OH is 1. The number of para-hydroxylation sites is 1. The number of allylic oxidation sites excluding steroid dienone is 1. The number of carbonyl (C=O) groups is 5. The Balaban J connectivity index is 1.73. The molecule has 2 aromatic carbocycles. The number of esters is 1. The number of nitrogens with zero attached hydrogens (tertiary/aromatic N) is 2. The number of alkyl halides is 1. The van der Waals surface area contributed by atoms with Crippen LogP contribution in [0.2, 0.25) is 0 Å². The minimum Gasteiger partial charge on any atom is -0.509 e. The number of carbonyl (C=O) groups excluding carboxylic acids is 5. The van der Waals surface area contributed by atoms with Gasteiger partial charge in [0.25, 0.3) is 18.1 Å². The highest BCUT2D eigenvalue weighted by Crippen LogP contribution is 2.34. The summed E-state index contributed by atoms with van der Waals surface area (Å²) in [6.07, 6.45) is -0.251. The third-order valence-corrected chi connectivity index (χ3v) is 6.81. The van der Waals surface area contributed by atoms with Gasteiger partial charge in [-0.25, -0.2) is 4.79 Å². The summed E-state index contributed by atoms with van der Waals surface area (Å²) in [6, 6.07) is 10.3. The van der Waals surface area contributed by atoms with Crippen LogP contribution in [-0.2, 0) is 41.7 Å². The van der Waals surface area contributed by atoms with E-state index in [0.29, 0.717) is 28.5 Å². The smallest absolute Gasteiger partial charge is 0.358 e. The Morgan fingerprint density at radius 3 is 2.49 bits per heavy atom. The van der Waals surface area contributed by atoms with Crippen LogP contribution in [0.3, 0.4) is 0 Å². The van der Waals surface area contributed by atoms with E-state index in [9.17, 15) is 39.2 Å². The topological polar surface area (TPSA) is 182 Å². The standard InChI is InChI=1S/C24H20BrN3O10S/c25-10-17(31)21(24(34)37-11-14-5-7-16(8-6-14)28(35)36)27-22(33)20(23(27)39-13-30)26-19(32)9-15-3-1-2-4-18(15)38-12-29/h1-8,12-13,20,23,31H,9-11H2,(H,26,32)/b21-17+/t20-,23?/m1/s1. The van der Waals surface area contributed by atoms with E-state index >= 15 is 0 Å². The molecule has 15 heteroatoms. The van der Waals surface area contributed by atoms with Gasteiger partial charge in [-0.1, -0.05) is 45.9 Å². The quantitative estimate of drug-likeness (QED) is 0.0488. The lowest BCUT2D eigenvalue weighted by molar-refractivity contribution is -0.384. The maximum Gasteiger partial charge on any atom is 0.358 e. The summed E-state index contributed by atoms with van der Waals surface area (Å²) in [4.78, 5) is 71.7. The average Bonchev–Trinajstić information content (AvgIpc) is 2.93.